The summed E-state index contributed by atoms with van der Waals surface area (Å²) in [6.07, 6.45) is 2.36. The van der Waals surface area contributed by atoms with Crippen molar-refractivity contribution in [3.05, 3.63) is 129 Å². The first-order chi connectivity index (χ1) is 24.7. The number of furan rings is 1. The standard InChI is InChI=1S/C43H45ClF3NO4/c1-27-6-5-19-41(2)36(17-20-42(41,51)26-48-21-18-29-7-3-4-8-30(29)25-48)33-13-10-28(22-32(49)12-9-27)23-34(33)40(50)39-16-15-38(52-39)35-24-31(43(45,46)47)11-14-37(35)44/h3-4,6-8,10-11,13-16,23-24,32,36,49,51H,5,9,12,17-22,25-26H2,1-2H3/t32-,36-,41-,42+/m0/s1. The summed E-state index contributed by atoms with van der Waals surface area (Å²) in [5.41, 5.74) is 3.41. The minimum atomic E-state index is -4.58. The molecule has 0 saturated heterocycles. The average molecular weight is 732 g/mol. The van der Waals surface area contributed by atoms with E-state index in [2.05, 4.69) is 49.1 Å². The van der Waals surface area contributed by atoms with Gasteiger partial charge in [-0.15, -0.1) is 0 Å². The summed E-state index contributed by atoms with van der Waals surface area (Å²) in [5.74, 6) is -0.547. The number of aliphatic hydroxyl groups is 2. The van der Waals surface area contributed by atoms with E-state index in [1.54, 1.807) is 0 Å². The second-order valence-electron chi connectivity index (χ2n) is 15.4. The summed E-state index contributed by atoms with van der Waals surface area (Å²) in [4.78, 5) is 16.9. The van der Waals surface area contributed by atoms with Gasteiger partial charge >= 0.3 is 6.18 Å². The van der Waals surface area contributed by atoms with Crippen LogP contribution in [0.1, 0.15) is 102 Å². The van der Waals surface area contributed by atoms with Gasteiger partial charge in [0.15, 0.2) is 5.76 Å². The first kappa shape index (κ1) is 36.7. The first-order valence-electron chi connectivity index (χ1n) is 18.2. The molecular formula is C43H45ClF3NO4. The number of hydrogen-bond donors (Lipinski definition) is 2. The zero-order chi connectivity index (χ0) is 36.8. The number of benzene rings is 3. The molecule has 9 heteroatoms. The molecule has 2 bridgehead atoms. The minimum absolute atomic E-state index is 0.0240. The maximum absolute atomic E-state index is 14.5. The third kappa shape index (κ3) is 7.15. The lowest BCUT2D eigenvalue weighted by atomic mass is 9.64. The fourth-order valence-electron chi connectivity index (χ4n) is 8.88. The Morgan fingerprint density at radius 2 is 1.79 bits per heavy atom. The van der Waals surface area contributed by atoms with Crippen LogP contribution < -0.4 is 0 Å². The largest absolute Gasteiger partial charge is 0.453 e. The molecule has 4 atom stereocenters. The Morgan fingerprint density at radius 3 is 2.58 bits per heavy atom. The normalized spacial score (nSPS) is 25.7. The van der Waals surface area contributed by atoms with Crippen molar-refractivity contribution in [1.29, 1.82) is 0 Å². The molecule has 0 radical (unpaired) electrons. The second kappa shape index (κ2) is 14.3. The quantitative estimate of drug-likeness (QED) is 0.158. The van der Waals surface area contributed by atoms with Gasteiger partial charge in [-0.05, 0) is 123 Å². The summed E-state index contributed by atoms with van der Waals surface area (Å²) in [6, 6.07) is 20.2. The zero-order valence-corrected chi connectivity index (χ0v) is 30.4. The number of nitrogens with zero attached hydrogens (tertiary/aromatic N) is 1. The van der Waals surface area contributed by atoms with Crippen LogP contribution in [0.4, 0.5) is 13.2 Å². The van der Waals surface area contributed by atoms with Gasteiger partial charge in [-0.2, -0.15) is 13.2 Å². The summed E-state index contributed by atoms with van der Waals surface area (Å²) < 4.78 is 46.7. The number of carbonyl (C=O) groups excluding carboxylic acids is 1. The number of rotatable bonds is 5. The number of ketones is 1. The molecule has 1 saturated carbocycles. The van der Waals surface area contributed by atoms with Gasteiger partial charge in [0.2, 0.25) is 5.78 Å². The van der Waals surface area contributed by atoms with E-state index in [4.69, 9.17) is 16.0 Å². The van der Waals surface area contributed by atoms with E-state index in [-0.39, 0.29) is 28.0 Å². The first-order valence-corrected chi connectivity index (χ1v) is 18.6. The summed E-state index contributed by atoms with van der Waals surface area (Å²) in [7, 11) is 0. The Kier molecular flexibility index (Phi) is 10.1. The Hall–Kier alpha value is -3.69. The number of β-amino-alcohol motifs (C(OH)–C–C–N with tert-alkyl or cyclic N) is 1. The van der Waals surface area contributed by atoms with E-state index in [1.807, 2.05) is 18.2 Å². The van der Waals surface area contributed by atoms with Crippen LogP contribution in [0.15, 0.2) is 88.9 Å². The highest BCUT2D eigenvalue weighted by Gasteiger charge is 2.57. The van der Waals surface area contributed by atoms with Gasteiger partial charge < -0.3 is 14.6 Å². The second-order valence-corrected chi connectivity index (χ2v) is 15.8. The molecule has 4 aromatic rings. The highest BCUT2D eigenvalue weighted by atomic mass is 35.5. The smallest absolute Gasteiger partial charge is 0.416 e. The lowest BCUT2D eigenvalue weighted by Gasteiger charge is -2.47. The Balaban J connectivity index is 1.27. The number of aliphatic hydroxyl groups excluding tert-OH is 1. The molecule has 0 amide bonds. The van der Waals surface area contributed by atoms with E-state index in [0.29, 0.717) is 44.2 Å². The highest BCUT2D eigenvalue weighted by Crippen LogP contribution is 2.59. The summed E-state index contributed by atoms with van der Waals surface area (Å²) >= 11 is 6.32. The van der Waals surface area contributed by atoms with Crippen molar-refractivity contribution in [3.63, 3.8) is 0 Å². The summed E-state index contributed by atoms with van der Waals surface area (Å²) in [5, 5.41) is 23.8. The number of halogens is 4. The third-order valence-electron chi connectivity index (χ3n) is 12.0. The molecule has 274 valence electrons. The van der Waals surface area contributed by atoms with Gasteiger partial charge in [0.1, 0.15) is 5.76 Å². The molecule has 2 N–H and O–H groups in total. The molecule has 8 rings (SSSR count). The molecule has 0 spiro atoms. The fourth-order valence-corrected chi connectivity index (χ4v) is 9.09. The van der Waals surface area contributed by atoms with Crippen LogP contribution in [-0.4, -0.2) is 45.7 Å². The molecule has 3 aromatic carbocycles. The number of hydrogen-bond acceptors (Lipinski definition) is 5. The van der Waals surface area contributed by atoms with Gasteiger partial charge in [-0.3, -0.25) is 9.69 Å². The summed E-state index contributed by atoms with van der Waals surface area (Å²) in [6.45, 7) is 6.42. The molecule has 1 aliphatic heterocycles. The topological polar surface area (TPSA) is 73.9 Å². The number of alkyl halides is 3. The molecular weight excluding hydrogens is 687 g/mol. The lowest BCUT2D eigenvalue weighted by Crippen LogP contribution is -2.53. The fraction of sp³-hybridized carbons (Fsp3) is 0.419. The van der Waals surface area contributed by atoms with Crippen molar-refractivity contribution < 1.29 is 32.6 Å². The molecule has 52 heavy (non-hydrogen) atoms. The Labute approximate surface area is 308 Å². The van der Waals surface area contributed by atoms with Gasteiger partial charge in [0, 0.05) is 36.2 Å². The van der Waals surface area contributed by atoms with Gasteiger partial charge in [0.05, 0.1) is 22.3 Å². The number of carbonyl (C=O) groups is 1. The predicted octanol–water partition coefficient (Wildman–Crippen LogP) is 9.95. The van der Waals surface area contributed by atoms with E-state index in [1.165, 1.54) is 34.9 Å². The van der Waals surface area contributed by atoms with Crippen molar-refractivity contribution in [1.82, 2.24) is 4.90 Å². The van der Waals surface area contributed by atoms with Crippen LogP contribution in [0, 0.1) is 5.41 Å². The highest BCUT2D eigenvalue weighted by molar-refractivity contribution is 6.33. The van der Waals surface area contributed by atoms with Crippen LogP contribution >= 0.6 is 11.6 Å². The Bertz CT molecular complexity index is 2000. The van der Waals surface area contributed by atoms with Gasteiger partial charge in [-0.1, -0.05) is 66.6 Å². The molecule has 4 aliphatic rings. The van der Waals surface area contributed by atoms with E-state index in [9.17, 15) is 28.2 Å². The molecule has 1 fully saturated rings. The number of fused-ring (bicyclic) bond motifs is 9. The van der Waals surface area contributed by atoms with E-state index in [0.717, 1.165) is 55.6 Å². The van der Waals surface area contributed by atoms with E-state index >= 15 is 0 Å². The van der Waals surface area contributed by atoms with E-state index < -0.39 is 34.6 Å². The van der Waals surface area contributed by atoms with Crippen molar-refractivity contribution in [2.75, 3.05) is 13.1 Å². The molecule has 0 unspecified atom stereocenters. The van der Waals surface area contributed by atoms with Crippen molar-refractivity contribution in [2.24, 2.45) is 5.41 Å². The predicted molar refractivity (Wildman–Crippen MR) is 196 cm³/mol. The minimum Gasteiger partial charge on any atom is -0.453 e. The molecule has 1 aromatic heterocycles. The zero-order valence-electron chi connectivity index (χ0n) is 29.6. The van der Waals surface area contributed by atoms with Gasteiger partial charge in [0.25, 0.3) is 0 Å². The average Bonchev–Trinajstić information content (AvgIpc) is 3.69. The van der Waals surface area contributed by atoms with Gasteiger partial charge in [-0.25, -0.2) is 0 Å². The van der Waals surface area contributed by atoms with Crippen molar-refractivity contribution >= 4 is 17.4 Å². The Morgan fingerprint density at radius 1 is 1.00 bits per heavy atom. The maximum atomic E-state index is 14.5. The lowest BCUT2D eigenvalue weighted by molar-refractivity contribution is -0.137. The van der Waals surface area contributed by atoms with Crippen LogP contribution in [0.5, 0.6) is 0 Å². The third-order valence-corrected chi connectivity index (χ3v) is 12.3. The molecule has 2 heterocycles. The van der Waals surface area contributed by atoms with Crippen LogP contribution in [-0.2, 0) is 25.6 Å². The van der Waals surface area contributed by atoms with Crippen molar-refractivity contribution in [3.8, 4) is 11.3 Å². The monoisotopic (exact) mass is 731 g/mol. The van der Waals surface area contributed by atoms with Crippen LogP contribution in [0.25, 0.3) is 11.3 Å². The van der Waals surface area contributed by atoms with Crippen molar-refractivity contribution in [2.45, 2.75) is 95.6 Å². The SMILES string of the molecule is CC1=CCC[C@@]2(C)[C@@H](CC[C@@]2(O)CN2CCc3ccccc3C2)c2ccc(cc2C(=O)c2ccc(-c3cc(C(F)(F)F)ccc3Cl)o2)C[C@@H](O)CC1. The van der Waals surface area contributed by atoms with Crippen LogP contribution in [0.2, 0.25) is 5.02 Å². The van der Waals surface area contributed by atoms with Crippen LogP contribution in [0.3, 0.4) is 0 Å². The molecule has 3 aliphatic carbocycles. The number of allylic oxidation sites excluding steroid dienone is 2. The maximum Gasteiger partial charge on any atom is 0.416 e. The molecule has 5 nitrogen and oxygen atoms in total.